The molecular formula is C16H32N2. The summed E-state index contributed by atoms with van der Waals surface area (Å²) in [7, 11) is 0. The maximum absolute atomic E-state index is 6.36. The van der Waals surface area contributed by atoms with E-state index < -0.39 is 0 Å². The number of piperidine rings is 1. The highest BCUT2D eigenvalue weighted by molar-refractivity contribution is 4.87. The highest BCUT2D eigenvalue weighted by Gasteiger charge is 2.31. The first-order chi connectivity index (χ1) is 8.60. The molecule has 0 spiro atoms. The Bertz CT molecular complexity index is 253. The van der Waals surface area contributed by atoms with Gasteiger partial charge in [0.2, 0.25) is 0 Å². The summed E-state index contributed by atoms with van der Waals surface area (Å²) in [5, 5.41) is 0. The van der Waals surface area contributed by atoms with Crippen LogP contribution in [0, 0.1) is 17.8 Å². The molecule has 2 heteroatoms. The summed E-state index contributed by atoms with van der Waals surface area (Å²) in [6.45, 7) is 9.69. The molecule has 0 aromatic rings. The molecule has 0 aromatic carbocycles. The Balaban J connectivity index is 1.87. The van der Waals surface area contributed by atoms with Crippen molar-refractivity contribution in [2.45, 2.75) is 71.4 Å². The van der Waals surface area contributed by atoms with Crippen LogP contribution in [0.3, 0.4) is 0 Å². The van der Waals surface area contributed by atoms with Gasteiger partial charge in [-0.25, -0.2) is 0 Å². The maximum atomic E-state index is 6.36. The maximum Gasteiger partial charge on any atom is 0.00795 e. The van der Waals surface area contributed by atoms with E-state index >= 15 is 0 Å². The van der Waals surface area contributed by atoms with Crippen molar-refractivity contribution in [1.29, 1.82) is 0 Å². The second-order valence-electron chi connectivity index (χ2n) is 6.98. The van der Waals surface area contributed by atoms with Gasteiger partial charge in [-0.2, -0.15) is 0 Å². The Morgan fingerprint density at radius 1 is 1.11 bits per heavy atom. The molecule has 2 aliphatic rings. The fourth-order valence-corrected chi connectivity index (χ4v) is 3.99. The number of nitrogens with two attached hydrogens (primary N) is 1. The van der Waals surface area contributed by atoms with Gasteiger partial charge in [0, 0.05) is 18.6 Å². The first-order valence-electron chi connectivity index (χ1n) is 8.09. The van der Waals surface area contributed by atoms with Gasteiger partial charge in [-0.1, -0.05) is 20.3 Å². The lowest BCUT2D eigenvalue weighted by Gasteiger charge is -2.42. The van der Waals surface area contributed by atoms with Crippen molar-refractivity contribution in [3.05, 3.63) is 0 Å². The predicted molar refractivity (Wildman–Crippen MR) is 78.5 cm³/mol. The molecule has 0 radical (unpaired) electrons. The highest BCUT2D eigenvalue weighted by Crippen LogP contribution is 2.32. The minimum absolute atomic E-state index is 0.458. The predicted octanol–water partition coefficient (Wildman–Crippen LogP) is 3.26. The SMILES string of the molecule is CCC1CCC(N)C(CN2CCC(C)CC2C)C1. The topological polar surface area (TPSA) is 29.3 Å². The summed E-state index contributed by atoms with van der Waals surface area (Å²) in [6.07, 6.45) is 8.08. The smallest absolute Gasteiger partial charge is 0.00795 e. The average Bonchev–Trinajstić information content (AvgIpc) is 2.35. The standard InChI is InChI=1S/C16H32N2/c1-4-14-5-6-16(17)15(10-14)11-18-8-7-12(2)9-13(18)3/h12-16H,4-11,17H2,1-3H3. The van der Waals surface area contributed by atoms with E-state index in [1.54, 1.807) is 0 Å². The average molecular weight is 252 g/mol. The van der Waals surface area contributed by atoms with Crippen LogP contribution in [0.2, 0.25) is 0 Å². The van der Waals surface area contributed by atoms with E-state index in [4.69, 9.17) is 5.73 Å². The Morgan fingerprint density at radius 3 is 2.56 bits per heavy atom. The van der Waals surface area contributed by atoms with Crippen molar-refractivity contribution in [3.8, 4) is 0 Å². The first kappa shape index (κ1) is 14.3. The van der Waals surface area contributed by atoms with E-state index in [2.05, 4.69) is 25.7 Å². The summed E-state index contributed by atoms with van der Waals surface area (Å²) in [5.41, 5.74) is 6.36. The molecule has 1 saturated carbocycles. The van der Waals surface area contributed by atoms with Gasteiger partial charge in [-0.15, -0.1) is 0 Å². The molecule has 1 aliphatic carbocycles. The zero-order valence-electron chi connectivity index (χ0n) is 12.6. The quantitative estimate of drug-likeness (QED) is 0.835. The summed E-state index contributed by atoms with van der Waals surface area (Å²) in [6, 6.07) is 1.22. The lowest BCUT2D eigenvalue weighted by Crippen LogP contribution is -2.48. The van der Waals surface area contributed by atoms with Crippen molar-refractivity contribution in [3.63, 3.8) is 0 Å². The van der Waals surface area contributed by atoms with Gasteiger partial charge < -0.3 is 10.6 Å². The van der Waals surface area contributed by atoms with Crippen molar-refractivity contribution < 1.29 is 0 Å². The van der Waals surface area contributed by atoms with Crippen LogP contribution in [0.25, 0.3) is 0 Å². The Labute approximate surface area is 113 Å². The van der Waals surface area contributed by atoms with Crippen LogP contribution in [0.1, 0.15) is 59.3 Å². The van der Waals surface area contributed by atoms with Crippen LogP contribution >= 0.6 is 0 Å². The molecule has 0 bridgehead atoms. The zero-order chi connectivity index (χ0) is 13.1. The monoisotopic (exact) mass is 252 g/mol. The molecular weight excluding hydrogens is 220 g/mol. The second kappa shape index (κ2) is 6.38. The van der Waals surface area contributed by atoms with E-state index in [0.717, 1.165) is 23.8 Å². The highest BCUT2D eigenvalue weighted by atomic mass is 15.2. The molecule has 0 aromatic heterocycles. The van der Waals surface area contributed by atoms with Gasteiger partial charge >= 0.3 is 0 Å². The zero-order valence-corrected chi connectivity index (χ0v) is 12.6. The van der Waals surface area contributed by atoms with Gasteiger partial charge in [0.15, 0.2) is 0 Å². The molecule has 1 heterocycles. The number of likely N-dealkylation sites (tertiary alicyclic amines) is 1. The van der Waals surface area contributed by atoms with Crippen LogP contribution in [0.5, 0.6) is 0 Å². The Kier molecular flexibility index (Phi) is 5.08. The van der Waals surface area contributed by atoms with Crippen LogP contribution in [0.4, 0.5) is 0 Å². The van der Waals surface area contributed by atoms with Gasteiger partial charge in [0.1, 0.15) is 0 Å². The largest absolute Gasteiger partial charge is 0.327 e. The lowest BCUT2D eigenvalue weighted by atomic mass is 9.76. The third-order valence-electron chi connectivity index (χ3n) is 5.47. The fraction of sp³-hybridized carbons (Fsp3) is 1.00. The van der Waals surface area contributed by atoms with E-state index in [1.807, 2.05) is 0 Å². The number of hydrogen-bond acceptors (Lipinski definition) is 2. The number of nitrogens with zero attached hydrogens (tertiary/aromatic N) is 1. The normalized spacial score (nSPS) is 43.0. The summed E-state index contributed by atoms with van der Waals surface area (Å²) < 4.78 is 0. The molecule has 5 unspecified atom stereocenters. The lowest BCUT2D eigenvalue weighted by molar-refractivity contribution is 0.0837. The van der Waals surface area contributed by atoms with Crippen LogP contribution in [-0.2, 0) is 0 Å². The molecule has 2 nitrogen and oxygen atoms in total. The molecule has 0 amide bonds. The molecule has 2 N–H and O–H groups in total. The van der Waals surface area contributed by atoms with E-state index in [9.17, 15) is 0 Å². The molecule has 5 atom stereocenters. The Hall–Kier alpha value is -0.0800. The second-order valence-corrected chi connectivity index (χ2v) is 6.98. The van der Waals surface area contributed by atoms with Crippen molar-refractivity contribution in [2.75, 3.05) is 13.1 Å². The molecule has 2 rings (SSSR count). The van der Waals surface area contributed by atoms with Crippen molar-refractivity contribution in [2.24, 2.45) is 23.5 Å². The van der Waals surface area contributed by atoms with Gasteiger partial charge in [-0.05, 0) is 63.3 Å². The number of rotatable bonds is 3. The molecule has 106 valence electrons. The minimum atomic E-state index is 0.458. The van der Waals surface area contributed by atoms with Crippen LogP contribution in [0.15, 0.2) is 0 Å². The third-order valence-corrected chi connectivity index (χ3v) is 5.47. The summed E-state index contributed by atoms with van der Waals surface area (Å²) >= 11 is 0. The van der Waals surface area contributed by atoms with Gasteiger partial charge in [0.25, 0.3) is 0 Å². The first-order valence-corrected chi connectivity index (χ1v) is 8.09. The van der Waals surface area contributed by atoms with Gasteiger partial charge in [0.05, 0.1) is 0 Å². The molecule has 18 heavy (non-hydrogen) atoms. The van der Waals surface area contributed by atoms with Crippen LogP contribution < -0.4 is 5.73 Å². The molecule has 1 saturated heterocycles. The minimum Gasteiger partial charge on any atom is -0.327 e. The molecule has 2 fully saturated rings. The van der Waals surface area contributed by atoms with E-state index in [-0.39, 0.29) is 0 Å². The van der Waals surface area contributed by atoms with Crippen LogP contribution in [-0.4, -0.2) is 30.1 Å². The third kappa shape index (κ3) is 3.48. The fourth-order valence-electron chi connectivity index (χ4n) is 3.99. The Morgan fingerprint density at radius 2 is 1.89 bits per heavy atom. The van der Waals surface area contributed by atoms with Crippen molar-refractivity contribution >= 4 is 0 Å². The number of hydrogen-bond donors (Lipinski definition) is 1. The van der Waals surface area contributed by atoms with Crippen molar-refractivity contribution in [1.82, 2.24) is 4.90 Å². The summed E-state index contributed by atoms with van der Waals surface area (Å²) in [5.74, 6) is 2.60. The van der Waals surface area contributed by atoms with E-state index in [1.165, 1.54) is 51.6 Å². The summed E-state index contributed by atoms with van der Waals surface area (Å²) in [4.78, 5) is 2.71. The molecule has 1 aliphatic heterocycles. The van der Waals surface area contributed by atoms with Gasteiger partial charge in [-0.3, -0.25) is 0 Å². The van der Waals surface area contributed by atoms with E-state index in [0.29, 0.717) is 6.04 Å².